The number of piperazine rings is 1. The molecule has 1 amide bonds. The summed E-state index contributed by atoms with van der Waals surface area (Å²) < 4.78 is 0. The predicted molar refractivity (Wildman–Crippen MR) is 73.2 cm³/mol. The summed E-state index contributed by atoms with van der Waals surface area (Å²) in [5, 5.41) is 8.88. The molecule has 1 fully saturated rings. The van der Waals surface area contributed by atoms with Gasteiger partial charge in [-0.3, -0.25) is 9.69 Å². The van der Waals surface area contributed by atoms with Gasteiger partial charge in [0, 0.05) is 37.6 Å². The van der Waals surface area contributed by atoms with Gasteiger partial charge in [-0.2, -0.15) is 0 Å². The maximum Gasteiger partial charge on any atom is 0.264 e. The van der Waals surface area contributed by atoms with Crippen LogP contribution in [0.3, 0.4) is 0 Å². The summed E-state index contributed by atoms with van der Waals surface area (Å²) in [6.45, 7) is 8.23. The van der Waals surface area contributed by atoms with Crippen LogP contribution in [-0.2, 0) is 0 Å². The fourth-order valence-corrected chi connectivity index (χ4v) is 3.15. The van der Waals surface area contributed by atoms with Crippen molar-refractivity contribution in [3.05, 3.63) is 21.4 Å². The minimum absolute atomic E-state index is 0.153. The molecule has 1 aromatic rings. The summed E-state index contributed by atoms with van der Waals surface area (Å²) in [5.74, 6) is 0.153. The van der Waals surface area contributed by atoms with Crippen LogP contribution in [0.2, 0.25) is 0 Å². The Hall–Kier alpha value is -0.910. The van der Waals surface area contributed by atoms with Gasteiger partial charge in [0.2, 0.25) is 0 Å². The monoisotopic (exact) mass is 268 g/mol. The van der Waals surface area contributed by atoms with Gasteiger partial charge in [-0.1, -0.05) is 0 Å². The summed E-state index contributed by atoms with van der Waals surface area (Å²) in [4.78, 5) is 18.5. The Labute approximate surface area is 112 Å². The van der Waals surface area contributed by atoms with Crippen molar-refractivity contribution in [2.75, 3.05) is 39.3 Å². The van der Waals surface area contributed by atoms with Gasteiger partial charge in [0.15, 0.2) is 0 Å². The number of thiophene rings is 1. The van der Waals surface area contributed by atoms with Gasteiger partial charge in [0.25, 0.3) is 5.91 Å². The van der Waals surface area contributed by atoms with E-state index in [1.807, 2.05) is 17.9 Å². The summed E-state index contributed by atoms with van der Waals surface area (Å²) in [6, 6.07) is 1.99. The van der Waals surface area contributed by atoms with Gasteiger partial charge in [0.05, 0.1) is 11.5 Å². The Morgan fingerprint density at radius 1 is 1.33 bits per heavy atom. The molecule has 0 aromatic carbocycles. The van der Waals surface area contributed by atoms with Crippen molar-refractivity contribution < 1.29 is 9.90 Å². The highest BCUT2D eigenvalue weighted by Gasteiger charge is 2.23. The molecule has 18 heavy (non-hydrogen) atoms. The van der Waals surface area contributed by atoms with E-state index in [2.05, 4.69) is 11.8 Å². The standard InChI is InChI=1S/C13H20N2O2S/c1-10-9-12(18-11(10)2)13(17)15-5-3-14(4-6-15)7-8-16/h9,16H,3-8H2,1-2H3. The zero-order valence-electron chi connectivity index (χ0n) is 11.0. The van der Waals surface area contributed by atoms with Crippen molar-refractivity contribution in [3.63, 3.8) is 0 Å². The van der Waals surface area contributed by atoms with Gasteiger partial charge in [-0.15, -0.1) is 11.3 Å². The molecule has 0 aliphatic carbocycles. The van der Waals surface area contributed by atoms with E-state index in [9.17, 15) is 4.79 Å². The number of hydrogen-bond donors (Lipinski definition) is 1. The van der Waals surface area contributed by atoms with Gasteiger partial charge in [-0.25, -0.2) is 0 Å². The second kappa shape index (κ2) is 5.82. The molecule has 0 unspecified atom stereocenters. The Kier molecular flexibility index (Phi) is 4.37. The van der Waals surface area contributed by atoms with Crippen molar-refractivity contribution >= 4 is 17.2 Å². The van der Waals surface area contributed by atoms with Crippen LogP contribution in [0.1, 0.15) is 20.1 Å². The first-order chi connectivity index (χ1) is 8.61. The number of nitrogens with zero attached hydrogens (tertiary/aromatic N) is 2. The Morgan fingerprint density at radius 3 is 2.50 bits per heavy atom. The van der Waals surface area contributed by atoms with Crippen molar-refractivity contribution in [2.45, 2.75) is 13.8 Å². The van der Waals surface area contributed by atoms with E-state index in [1.54, 1.807) is 11.3 Å². The maximum atomic E-state index is 12.3. The molecule has 2 rings (SSSR count). The summed E-state index contributed by atoms with van der Waals surface area (Å²) in [7, 11) is 0. The van der Waals surface area contributed by atoms with Crippen molar-refractivity contribution in [1.29, 1.82) is 0 Å². The van der Waals surface area contributed by atoms with Crippen LogP contribution in [0.25, 0.3) is 0 Å². The number of aryl methyl sites for hydroxylation is 2. The number of carbonyl (C=O) groups is 1. The number of aliphatic hydroxyl groups excluding tert-OH is 1. The highest BCUT2D eigenvalue weighted by atomic mass is 32.1. The Morgan fingerprint density at radius 2 is 2.00 bits per heavy atom. The summed E-state index contributed by atoms with van der Waals surface area (Å²) in [5.41, 5.74) is 1.20. The first-order valence-electron chi connectivity index (χ1n) is 6.31. The quantitative estimate of drug-likeness (QED) is 0.893. The van der Waals surface area contributed by atoms with E-state index in [0.717, 1.165) is 31.1 Å². The number of carbonyl (C=O) groups excluding carboxylic acids is 1. The molecular formula is C13H20N2O2S. The average molecular weight is 268 g/mol. The topological polar surface area (TPSA) is 43.8 Å². The SMILES string of the molecule is Cc1cc(C(=O)N2CCN(CCO)CC2)sc1C. The molecule has 0 spiro atoms. The zero-order valence-corrected chi connectivity index (χ0v) is 11.8. The largest absolute Gasteiger partial charge is 0.395 e. The van der Waals surface area contributed by atoms with Crippen LogP contribution in [0.15, 0.2) is 6.07 Å². The van der Waals surface area contributed by atoms with Crippen molar-refractivity contribution in [1.82, 2.24) is 9.80 Å². The Balaban J connectivity index is 1.95. The maximum absolute atomic E-state index is 12.3. The molecule has 0 saturated carbocycles. The minimum Gasteiger partial charge on any atom is -0.395 e. The number of amides is 1. The van der Waals surface area contributed by atoms with E-state index in [0.29, 0.717) is 6.54 Å². The molecule has 1 aromatic heterocycles. The lowest BCUT2D eigenvalue weighted by molar-refractivity contribution is 0.0619. The van der Waals surface area contributed by atoms with Crippen molar-refractivity contribution in [3.8, 4) is 0 Å². The molecule has 2 heterocycles. The lowest BCUT2D eigenvalue weighted by Crippen LogP contribution is -2.49. The van der Waals surface area contributed by atoms with Crippen LogP contribution >= 0.6 is 11.3 Å². The number of β-amino-alcohol motifs (C(OH)–C–C–N with tert-alkyl or cyclic N) is 1. The van der Waals surface area contributed by atoms with Gasteiger partial charge >= 0.3 is 0 Å². The van der Waals surface area contributed by atoms with E-state index in [1.165, 1.54) is 10.4 Å². The summed E-state index contributed by atoms with van der Waals surface area (Å²) >= 11 is 1.58. The summed E-state index contributed by atoms with van der Waals surface area (Å²) in [6.07, 6.45) is 0. The third-order valence-electron chi connectivity index (χ3n) is 3.45. The van der Waals surface area contributed by atoms with E-state index < -0.39 is 0 Å². The highest BCUT2D eigenvalue weighted by molar-refractivity contribution is 7.14. The first-order valence-corrected chi connectivity index (χ1v) is 7.13. The smallest absolute Gasteiger partial charge is 0.264 e. The molecule has 5 heteroatoms. The third kappa shape index (κ3) is 2.91. The predicted octanol–water partition coefficient (Wildman–Crippen LogP) is 1.12. The number of hydrogen-bond acceptors (Lipinski definition) is 4. The molecular weight excluding hydrogens is 248 g/mol. The van der Waals surface area contributed by atoms with E-state index in [4.69, 9.17) is 5.11 Å². The van der Waals surface area contributed by atoms with E-state index in [-0.39, 0.29) is 12.5 Å². The fraction of sp³-hybridized carbons (Fsp3) is 0.615. The lowest BCUT2D eigenvalue weighted by atomic mass is 10.2. The number of rotatable bonds is 3. The van der Waals surface area contributed by atoms with Crippen LogP contribution < -0.4 is 0 Å². The van der Waals surface area contributed by atoms with Crippen LogP contribution in [0.5, 0.6) is 0 Å². The second-order valence-corrected chi connectivity index (χ2v) is 5.96. The van der Waals surface area contributed by atoms with Gasteiger partial charge in [0.1, 0.15) is 0 Å². The molecule has 100 valence electrons. The van der Waals surface area contributed by atoms with Crippen LogP contribution in [-0.4, -0.2) is 60.1 Å². The highest BCUT2D eigenvalue weighted by Crippen LogP contribution is 2.22. The number of aliphatic hydroxyl groups is 1. The zero-order chi connectivity index (χ0) is 13.1. The molecule has 1 aliphatic rings. The molecule has 1 N–H and O–H groups in total. The molecule has 0 atom stereocenters. The molecule has 1 aliphatic heterocycles. The Bertz CT molecular complexity index is 403. The molecule has 0 bridgehead atoms. The van der Waals surface area contributed by atoms with Crippen LogP contribution in [0, 0.1) is 13.8 Å². The molecule has 0 radical (unpaired) electrons. The molecule has 4 nitrogen and oxygen atoms in total. The van der Waals surface area contributed by atoms with Gasteiger partial charge < -0.3 is 10.0 Å². The minimum atomic E-state index is 0.153. The van der Waals surface area contributed by atoms with Crippen LogP contribution in [0.4, 0.5) is 0 Å². The van der Waals surface area contributed by atoms with Crippen molar-refractivity contribution in [2.24, 2.45) is 0 Å². The third-order valence-corrected chi connectivity index (χ3v) is 4.59. The second-order valence-electron chi connectivity index (χ2n) is 4.71. The molecule has 1 saturated heterocycles. The van der Waals surface area contributed by atoms with E-state index >= 15 is 0 Å². The first kappa shape index (κ1) is 13.5. The normalized spacial score (nSPS) is 17.2. The lowest BCUT2D eigenvalue weighted by Gasteiger charge is -2.34. The fourth-order valence-electron chi connectivity index (χ4n) is 2.15. The van der Waals surface area contributed by atoms with Gasteiger partial charge in [-0.05, 0) is 25.5 Å². The average Bonchev–Trinajstić information content (AvgIpc) is 2.70.